The van der Waals surface area contributed by atoms with Crippen molar-refractivity contribution in [3.05, 3.63) is 24.3 Å². The fourth-order valence-corrected chi connectivity index (χ4v) is 3.09. The first kappa shape index (κ1) is 15.5. The Bertz CT molecular complexity index is 458. The van der Waals surface area contributed by atoms with Gasteiger partial charge in [-0.05, 0) is 24.3 Å². The maximum absolute atomic E-state index is 11.7. The zero-order valence-electron chi connectivity index (χ0n) is 10.0. The summed E-state index contributed by atoms with van der Waals surface area (Å²) in [7, 11) is -3.41. The van der Waals surface area contributed by atoms with Crippen LogP contribution in [0.25, 0.3) is 0 Å². The Labute approximate surface area is 111 Å². The Morgan fingerprint density at radius 3 is 2.44 bits per heavy atom. The van der Waals surface area contributed by atoms with Crippen molar-refractivity contribution >= 4 is 21.8 Å². The lowest BCUT2D eigenvalue weighted by Gasteiger charge is -2.08. The van der Waals surface area contributed by atoms with E-state index in [2.05, 4.69) is 4.72 Å². The molecule has 0 saturated carbocycles. The molecule has 0 aliphatic carbocycles. The van der Waals surface area contributed by atoms with Crippen molar-refractivity contribution in [2.75, 3.05) is 18.9 Å². The molecule has 0 saturated heterocycles. The molecule has 7 heteroatoms. The molecule has 0 amide bonds. The zero-order chi connectivity index (χ0) is 13.6. The molecule has 1 rings (SSSR count). The van der Waals surface area contributed by atoms with Crippen LogP contribution >= 0.6 is 11.8 Å². The lowest BCUT2D eigenvalue weighted by molar-refractivity contribution is 0.113. The minimum absolute atomic E-state index is 0.219. The van der Waals surface area contributed by atoms with E-state index in [-0.39, 0.29) is 11.5 Å². The van der Waals surface area contributed by atoms with E-state index in [1.807, 2.05) is 0 Å². The smallest absolute Gasteiger partial charge is 0.240 e. The number of hydrogen-bond donors (Lipinski definition) is 3. The highest BCUT2D eigenvalue weighted by Crippen LogP contribution is 2.20. The number of hydrogen-bond acceptors (Lipinski definition) is 5. The molecule has 0 radical (unpaired) electrons. The highest BCUT2D eigenvalue weighted by molar-refractivity contribution is 7.99. The molecule has 0 heterocycles. The third-order valence-corrected chi connectivity index (χ3v) is 4.84. The van der Waals surface area contributed by atoms with E-state index in [0.29, 0.717) is 12.3 Å². The first-order valence-electron chi connectivity index (χ1n) is 5.51. The van der Waals surface area contributed by atoms with Gasteiger partial charge in [0.25, 0.3) is 0 Å². The van der Waals surface area contributed by atoms with Gasteiger partial charge in [0.05, 0.1) is 17.6 Å². The van der Waals surface area contributed by atoms with Gasteiger partial charge >= 0.3 is 0 Å². The van der Waals surface area contributed by atoms with Crippen LogP contribution in [0, 0.1) is 0 Å². The predicted octanol–water partition coefficient (Wildman–Crippen LogP) is 0.430. The number of thioether (sulfide) groups is 1. The summed E-state index contributed by atoms with van der Waals surface area (Å²) in [4.78, 5) is 1.06. The molecule has 3 N–H and O–H groups in total. The average Bonchev–Trinajstić information content (AvgIpc) is 2.36. The summed E-state index contributed by atoms with van der Waals surface area (Å²) in [6.45, 7) is 1.79. The van der Waals surface area contributed by atoms with Crippen LogP contribution in [0.3, 0.4) is 0 Å². The Kier molecular flexibility index (Phi) is 6.10. The summed E-state index contributed by atoms with van der Waals surface area (Å²) in [5, 5.41) is 17.9. The maximum Gasteiger partial charge on any atom is 0.240 e. The number of rotatable bonds is 7. The van der Waals surface area contributed by atoms with Gasteiger partial charge in [0, 0.05) is 17.2 Å². The van der Waals surface area contributed by atoms with Crippen molar-refractivity contribution in [3.8, 4) is 0 Å². The van der Waals surface area contributed by atoms with Gasteiger partial charge in [0.1, 0.15) is 0 Å². The first-order valence-corrected chi connectivity index (χ1v) is 7.98. The second-order valence-electron chi connectivity index (χ2n) is 3.62. The van der Waals surface area contributed by atoms with E-state index in [9.17, 15) is 13.5 Å². The second-order valence-corrected chi connectivity index (χ2v) is 6.48. The molecule has 102 valence electrons. The van der Waals surface area contributed by atoms with Crippen LogP contribution in [-0.2, 0) is 10.0 Å². The lowest BCUT2D eigenvalue weighted by Crippen LogP contribution is -2.22. The van der Waals surface area contributed by atoms with Crippen molar-refractivity contribution in [1.82, 2.24) is 4.72 Å². The van der Waals surface area contributed by atoms with Gasteiger partial charge in [-0.25, -0.2) is 13.1 Å². The molecule has 0 spiro atoms. The summed E-state index contributed by atoms with van der Waals surface area (Å²) in [6.07, 6.45) is -0.764. The van der Waals surface area contributed by atoms with Crippen molar-refractivity contribution in [2.24, 2.45) is 0 Å². The van der Waals surface area contributed by atoms with Crippen molar-refractivity contribution < 1.29 is 18.6 Å². The molecular weight excluding hydrogens is 274 g/mol. The summed E-state index contributed by atoms with van der Waals surface area (Å²) >= 11 is 1.36. The van der Waals surface area contributed by atoms with Crippen LogP contribution in [0.4, 0.5) is 0 Å². The normalized spacial score (nSPS) is 13.5. The van der Waals surface area contributed by atoms with E-state index in [4.69, 9.17) is 5.11 Å². The predicted molar refractivity (Wildman–Crippen MR) is 71.1 cm³/mol. The average molecular weight is 291 g/mol. The van der Waals surface area contributed by atoms with Gasteiger partial charge in [-0.2, -0.15) is 0 Å². The Balaban J connectivity index is 2.68. The van der Waals surface area contributed by atoms with Crippen molar-refractivity contribution in [2.45, 2.75) is 22.8 Å². The van der Waals surface area contributed by atoms with Gasteiger partial charge in [-0.15, -0.1) is 11.8 Å². The Morgan fingerprint density at radius 1 is 1.33 bits per heavy atom. The van der Waals surface area contributed by atoms with Gasteiger partial charge in [0.2, 0.25) is 10.0 Å². The highest BCUT2D eigenvalue weighted by atomic mass is 32.2. The van der Waals surface area contributed by atoms with E-state index < -0.39 is 16.1 Å². The van der Waals surface area contributed by atoms with Crippen LogP contribution in [0.1, 0.15) is 6.92 Å². The van der Waals surface area contributed by atoms with E-state index in [1.54, 1.807) is 19.1 Å². The monoisotopic (exact) mass is 291 g/mol. The molecule has 0 aliphatic heterocycles. The fraction of sp³-hybridized carbons (Fsp3) is 0.455. The number of sulfonamides is 1. The molecule has 5 nitrogen and oxygen atoms in total. The standard InChI is InChI=1S/C11H17NO4S2/c1-2-12-18(15,16)11-5-3-10(4-6-11)17-8-9(14)7-13/h3-6,9,12-14H,2,7-8H2,1H3. The summed E-state index contributed by atoms with van der Waals surface area (Å²) < 4.78 is 25.7. The van der Waals surface area contributed by atoms with Gasteiger partial charge in [-0.1, -0.05) is 6.92 Å². The molecule has 0 fully saturated rings. The molecule has 1 aromatic rings. The highest BCUT2D eigenvalue weighted by Gasteiger charge is 2.12. The van der Waals surface area contributed by atoms with E-state index >= 15 is 0 Å². The molecule has 18 heavy (non-hydrogen) atoms. The number of aliphatic hydroxyl groups excluding tert-OH is 2. The van der Waals surface area contributed by atoms with E-state index in [0.717, 1.165) is 4.90 Å². The number of benzene rings is 1. The van der Waals surface area contributed by atoms with Gasteiger partial charge < -0.3 is 10.2 Å². The fourth-order valence-electron chi connectivity index (χ4n) is 1.23. The van der Waals surface area contributed by atoms with Crippen molar-refractivity contribution in [1.29, 1.82) is 0 Å². The third-order valence-electron chi connectivity index (χ3n) is 2.12. The SMILES string of the molecule is CCNS(=O)(=O)c1ccc(SCC(O)CO)cc1. The number of aliphatic hydroxyl groups is 2. The summed E-state index contributed by atoms with van der Waals surface area (Å²) in [5.41, 5.74) is 0. The molecule has 0 bridgehead atoms. The van der Waals surface area contributed by atoms with Crippen LogP contribution in [0.15, 0.2) is 34.1 Å². The van der Waals surface area contributed by atoms with Crippen LogP contribution in [0.2, 0.25) is 0 Å². The first-order chi connectivity index (χ1) is 8.49. The quantitative estimate of drug-likeness (QED) is 0.634. The molecule has 1 unspecified atom stereocenters. The molecule has 1 aromatic carbocycles. The summed E-state index contributed by atoms with van der Waals surface area (Å²) in [6, 6.07) is 6.40. The van der Waals surface area contributed by atoms with Gasteiger partial charge in [-0.3, -0.25) is 0 Å². The number of nitrogens with one attached hydrogen (secondary N) is 1. The Morgan fingerprint density at radius 2 is 1.94 bits per heavy atom. The largest absolute Gasteiger partial charge is 0.394 e. The minimum atomic E-state index is -3.41. The zero-order valence-corrected chi connectivity index (χ0v) is 11.7. The second kappa shape index (κ2) is 7.10. The Hall–Kier alpha value is -0.600. The minimum Gasteiger partial charge on any atom is -0.394 e. The molecule has 1 atom stereocenters. The van der Waals surface area contributed by atoms with Crippen LogP contribution in [-0.4, -0.2) is 43.6 Å². The van der Waals surface area contributed by atoms with Gasteiger partial charge in [0.15, 0.2) is 0 Å². The van der Waals surface area contributed by atoms with Crippen molar-refractivity contribution in [3.63, 3.8) is 0 Å². The van der Waals surface area contributed by atoms with E-state index in [1.165, 1.54) is 23.9 Å². The molecular formula is C11H17NO4S2. The third kappa shape index (κ3) is 4.58. The topological polar surface area (TPSA) is 86.6 Å². The van der Waals surface area contributed by atoms with Crippen LogP contribution in [0.5, 0.6) is 0 Å². The molecule has 0 aromatic heterocycles. The summed E-state index contributed by atoms with van der Waals surface area (Å²) in [5.74, 6) is 0.371. The molecule has 0 aliphatic rings. The maximum atomic E-state index is 11.7. The lowest BCUT2D eigenvalue weighted by atomic mass is 10.4. The van der Waals surface area contributed by atoms with Crippen LogP contribution < -0.4 is 4.72 Å².